The van der Waals surface area contributed by atoms with Crippen LogP contribution in [0.1, 0.15) is 32.4 Å². The second-order valence-corrected chi connectivity index (χ2v) is 6.26. The van der Waals surface area contributed by atoms with Crippen LogP contribution in [-0.4, -0.2) is 48.1 Å². The lowest BCUT2D eigenvalue weighted by Crippen LogP contribution is -2.50. The third-order valence-corrected chi connectivity index (χ3v) is 4.25. The Morgan fingerprint density at radius 1 is 1.47 bits per heavy atom. The topological polar surface area (TPSA) is 45.6 Å². The van der Waals surface area contributed by atoms with Crippen molar-refractivity contribution in [3.05, 3.63) is 24.2 Å². The molecule has 108 valence electrons. The Hall–Kier alpha value is -0.840. The van der Waals surface area contributed by atoms with Gasteiger partial charge in [-0.05, 0) is 59.0 Å². The van der Waals surface area contributed by atoms with Gasteiger partial charge >= 0.3 is 0 Å². The maximum absolute atomic E-state index is 5.81. The minimum Gasteiger partial charge on any atom is -0.468 e. The minimum absolute atomic E-state index is 0.178. The summed E-state index contributed by atoms with van der Waals surface area (Å²) >= 11 is 0. The number of hydrogen-bond donors (Lipinski definition) is 1. The molecule has 0 aromatic carbocycles. The predicted molar refractivity (Wildman–Crippen MR) is 77.9 cm³/mol. The molecule has 1 saturated heterocycles. The fourth-order valence-corrected chi connectivity index (χ4v) is 3.01. The molecule has 1 aliphatic rings. The van der Waals surface area contributed by atoms with Gasteiger partial charge in [0, 0.05) is 18.1 Å². The molecule has 2 rings (SSSR count). The van der Waals surface area contributed by atoms with Crippen molar-refractivity contribution in [3.8, 4) is 0 Å². The third kappa shape index (κ3) is 3.59. The fourth-order valence-electron chi connectivity index (χ4n) is 3.01. The van der Waals surface area contributed by atoms with Crippen LogP contribution in [0.5, 0.6) is 0 Å². The van der Waals surface area contributed by atoms with Crippen LogP contribution >= 0.6 is 0 Å². The highest BCUT2D eigenvalue weighted by atomic mass is 16.3. The van der Waals surface area contributed by atoms with Crippen molar-refractivity contribution in [3.63, 3.8) is 0 Å². The van der Waals surface area contributed by atoms with E-state index in [1.54, 1.807) is 6.26 Å². The first-order valence-corrected chi connectivity index (χ1v) is 7.20. The highest BCUT2D eigenvalue weighted by molar-refractivity contribution is 5.01. The highest BCUT2D eigenvalue weighted by Gasteiger charge is 2.36. The Morgan fingerprint density at radius 3 is 2.89 bits per heavy atom. The Labute approximate surface area is 116 Å². The van der Waals surface area contributed by atoms with Crippen molar-refractivity contribution >= 4 is 0 Å². The maximum atomic E-state index is 5.81. The zero-order valence-corrected chi connectivity index (χ0v) is 12.4. The fraction of sp³-hybridized carbons (Fsp3) is 0.733. The molecule has 1 aromatic heterocycles. The van der Waals surface area contributed by atoms with Gasteiger partial charge in [-0.1, -0.05) is 0 Å². The summed E-state index contributed by atoms with van der Waals surface area (Å²) in [5.74, 6) is 1.04. The molecule has 0 bridgehead atoms. The number of hydrogen-bond acceptors (Lipinski definition) is 4. The summed E-state index contributed by atoms with van der Waals surface area (Å²) in [4.78, 5) is 4.99. The first kappa shape index (κ1) is 14.6. The van der Waals surface area contributed by atoms with Crippen LogP contribution in [0.25, 0.3) is 0 Å². The highest BCUT2D eigenvalue weighted by Crippen LogP contribution is 2.29. The van der Waals surface area contributed by atoms with Gasteiger partial charge in [0.15, 0.2) is 0 Å². The average Bonchev–Trinajstić information content (AvgIpc) is 2.82. The summed E-state index contributed by atoms with van der Waals surface area (Å²) < 4.78 is 5.54. The van der Waals surface area contributed by atoms with Gasteiger partial charge in [-0.2, -0.15) is 0 Å². The van der Waals surface area contributed by atoms with E-state index in [2.05, 4.69) is 36.8 Å². The van der Waals surface area contributed by atoms with Crippen molar-refractivity contribution in [1.82, 2.24) is 9.80 Å². The van der Waals surface area contributed by atoms with Gasteiger partial charge in [-0.15, -0.1) is 0 Å². The molecule has 0 spiro atoms. The molecule has 2 N–H and O–H groups in total. The summed E-state index contributed by atoms with van der Waals surface area (Å²) in [5.41, 5.74) is 5.99. The summed E-state index contributed by atoms with van der Waals surface area (Å²) in [6.45, 7) is 8.50. The molecular weight excluding hydrogens is 238 g/mol. The van der Waals surface area contributed by atoms with E-state index in [9.17, 15) is 0 Å². The van der Waals surface area contributed by atoms with Crippen molar-refractivity contribution in [2.45, 2.75) is 44.8 Å². The number of likely N-dealkylation sites (N-methyl/N-ethyl adjacent to an activating group) is 1. The smallest absolute Gasteiger partial charge is 0.117 e. The van der Waals surface area contributed by atoms with E-state index in [0.717, 1.165) is 38.4 Å². The van der Waals surface area contributed by atoms with E-state index in [1.165, 1.54) is 6.42 Å². The lowest BCUT2D eigenvalue weighted by atomic mass is 9.96. The molecule has 1 fully saturated rings. The van der Waals surface area contributed by atoms with Crippen molar-refractivity contribution in [2.24, 2.45) is 5.73 Å². The molecule has 1 aliphatic heterocycles. The normalized spacial score (nSPS) is 25.4. The average molecular weight is 265 g/mol. The molecule has 0 amide bonds. The molecule has 2 heterocycles. The molecule has 0 radical (unpaired) electrons. The van der Waals surface area contributed by atoms with Gasteiger partial charge in [-0.25, -0.2) is 0 Å². The van der Waals surface area contributed by atoms with Crippen LogP contribution in [0, 0.1) is 0 Å². The SMILES string of the molecule is CN1CCC(C)(C)N(Cc2ccco2)C(CCN)C1. The van der Waals surface area contributed by atoms with E-state index in [4.69, 9.17) is 10.2 Å². The maximum Gasteiger partial charge on any atom is 0.117 e. The second-order valence-electron chi connectivity index (χ2n) is 6.26. The minimum atomic E-state index is 0.178. The number of nitrogens with zero attached hydrogens (tertiary/aromatic N) is 2. The summed E-state index contributed by atoms with van der Waals surface area (Å²) in [6, 6.07) is 4.52. The summed E-state index contributed by atoms with van der Waals surface area (Å²) in [6.07, 6.45) is 3.96. The van der Waals surface area contributed by atoms with E-state index < -0.39 is 0 Å². The molecule has 1 unspecified atom stereocenters. The van der Waals surface area contributed by atoms with Crippen molar-refractivity contribution in [1.29, 1.82) is 0 Å². The first-order valence-electron chi connectivity index (χ1n) is 7.20. The lowest BCUT2D eigenvalue weighted by Gasteiger charge is -2.41. The van der Waals surface area contributed by atoms with Gasteiger partial charge in [0.1, 0.15) is 5.76 Å². The van der Waals surface area contributed by atoms with Gasteiger partial charge in [0.05, 0.1) is 12.8 Å². The first-order chi connectivity index (χ1) is 9.03. The van der Waals surface area contributed by atoms with Gasteiger partial charge in [-0.3, -0.25) is 4.90 Å². The Balaban J connectivity index is 2.19. The van der Waals surface area contributed by atoms with Crippen LogP contribution in [0.3, 0.4) is 0 Å². The Morgan fingerprint density at radius 2 is 2.26 bits per heavy atom. The molecule has 1 atom stereocenters. The van der Waals surface area contributed by atoms with Crippen molar-refractivity contribution < 1.29 is 4.42 Å². The van der Waals surface area contributed by atoms with Crippen LogP contribution in [0.15, 0.2) is 22.8 Å². The standard InChI is InChI=1S/C15H27N3O/c1-15(2)7-9-17(3)11-13(6-8-16)18(15)12-14-5-4-10-19-14/h4-5,10,13H,6-9,11-12,16H2,1-3H3. The van der Waals surface area contributed by atoms with E-state index in [-0.39, 0.29) is 5.54 Å². The molecule has 1 aromatic rings. The van der Waals surface area contributed by atoms with Crippen LogP contribution in [0.4, 0.5) is 0 Å². The Kier molecular flexibility index (Phi) is 4.66. The Bertz CT molecular complexity index is 375. The zero-order valence-electron chi connectivity index (χ0n) is 12.4. The second kappa shape index (κ2) is 6.07. The number of furan rings is 1. The summed E-state index contributed by atoms with van der Waals surface area (Å²) in [7, 11) is 2.20. The molecule has 19 heavy (non-hydrogen) atoms. The van der Waals surface area contributed by atoms with Crippen LogP contribution < -0.4 is 5.73 Å². The molecule has 0 saturated carbocycles. The van der Waals surface area contributed by atoms with Gasteiger partial charge in [0.25, 0.3) is 0 Å². The van der Waals surface area contributed by atoms with E-state index >= 15 is 0 Å². The molecule has 0 aliphatic carbocycles. The van der Waals surface area contributed by atoms with Crippen LogP contribution in [0.2, 0.25) is 0 Å². The van der Waals surface area contributed by atoms with E-state index in [1.807, 2.05) is 6.07 Å². The third-order valence-electron chi connectivity index (χ3n) is 4.25. The largest absolute Gasteiger partial charge is 0.468 e. The monoisotopic (exact) mass is 265 g/mol. The molecular formula is C15H27N3O. The number of nitrogens with two attached hydrogens (primary N) is 1. The molecule has 4 nitrogen and oxygen atoms in total. The van der Waals surface area contributed by atoms with Crippen molar-refractivity contribution in [2.75, 3.05) is 26.7 Å². The van der Waals surface area contributed by atoms with E-state index in [0.29, 0.717) is 6.04 Å². The van der Waals surface area contributed by atoms with Crippen LogP contribution in [-0.2, 0) is 6.54 Å². The predicted octanol–water partition coefficient (Wildman–Crippen LogP) is 1.91. The van der Waals surface area contributed by atoms with Gasteiger partial charge in [0.2, 0.25) is 0 Å². The molecule has 4 heteroatoms. The summed E-state index contributed by atoms with van der Waals surface area (Å²) in [5, 5.41) is 0. The van der Waals surface area contributed by atoms with Gasteiger partial charge < -0.3 is 15.1 Å². The number of rotatable bonds is 4. The lowest BCUT2D eigenvalue weighted by molar-refractivity contribution is 0.0559. The quantitative estimate of drug-likeness (QED) is 0.903. The zero-order chi connectivity index (χ0) is 13.9.